The summed E-state index contributed by atoms with van der Waals surface area (Å²) in [6.45, 7) is 2.82. The van der Waals surface area contributed by atoms with Gasteiger partial charge in [-0.2, -0.15) is 8.78 Å². The number of ether oxygens (including phenoxy) is 1. The third-order valence-corrected chi connectivity index (χ3v) is 4.79. The molecule has 28 heavy (non-hydrogen) atoms. The fourth-order valence-corrected chi connectivity index (χ4v) is 3.51. The molecule has 0 aliphatic heterocycles. The largest absolute Gasteiger partial charge is 0.435 e. The average Bonchev–Trinajstić information content (AvgIpc) is 3.15. The molecule has 0 N–H and O–H groups in total. The van der Waals surface area contributed by atoms with E-state index in [4.69, 9.17) is 4.52 Å². The summed E-state index contributed by atoms with van der Waals surface area (Å²) in [5.74, 6) is 0.916. The SMILES string of the molecule is Cc1noc(C)c1-c1ccc2nc(C)c(Cc3ccccc3OC(F)F)n2c1. The number of aromatic nitrogens is 3. The number of hydrogen-bond donors (Lipinski definition) is 0. The van der Waals surface area contributed by atoms with Crippen molar-refractivity contribution >= 4 is 5.65 Å². The van der Waals surface area contributed by atoms with Crippen LogP contribution in [0.15, 0.2) is 47.1 Å². The topological polar surface area (TPSA) is 52.6 Å². The molecule has 0 unspecified atom stereocenters. The van der Waals surface area contributed by atoms with Gasteiger partial charge < -0.3 is 13.7 Å². The van der Waals surface area contributed by atoms with E-state index in [0.717, 1.165) is 39.6 Å². The van der Waals surface area contributed by atoms with Crippen molar-refractivity contribution in [3.05, 3.63) is 71.0 Å². The van der Waals surface area contributed by atoms with Crippen LogP contribution in [-0.4, -0.2) is 21.2 Å². The molecular formula is C21H19F2N3O2. The highest BCUT2D eigenvalue weighted by atomic mass is 19.3. The normalized spacial score (nSPS) is 11.5. The molecule has 0 fully saturated rings. The summed E-state index contributed by atoms with van der Waals surface area (Å²) < 4.78 is 37.4. The van der Waals surface area contributed by atoms with E-state index in [-0.39, 0.29) is 5.75 Å². The number of pyridine rings is 1. The van der Waals surface area contributed by atoms with Gasteiger partial charge in [-0.05, 0) is 39.0 Å². The van der Waals surface area contributed by atoms with E-state index >= 15 is 0 Å². The van der Waals surface area contributed by atoms with Crippen LogP contribution in [0, 0.1) is 20.8 Å². The summed E-state index contributed by atoms with van der Waals surface area (Å²) in [5.41, 5.74) is 5.92. The first kappa shape index (κ1) is 18.2. The maximum Gasteiger partial charge on any atom is 0.387 e. The van der Waals surface area contributed by atoms with Crippen LogP contribution in [0.4, 0.5) is 8.78 Å². The van der Waals surface area contributed by atoms with Crippen LogP contribution in [0.3, 0.4) is 0 Å². The number of rotatable bonds is 5. The van der Waals surface area contributed by atoms with Gasteiger partial charge in [0, 0.05) is 35.0 Å². The molecule has 4 aromatic rings. The highest BCUT2D eigenvalue weighted by molar-refractivity contribution is 5.68. The maximum absolute atomic E-state index is 12.7. The number of alkyl halides is 2. The van der Waals surface area contributed by atoms with E-state index in [9.17, 15) is 8.78 Å². The highest BCUT2D eigenvalue weighted by Gasteiger charge is 2.17. The minimum absolute atomic E-state index is 0.175. The lowest BCUT2D eigenvalue weighted by Crippen LogP contribution is -2.05. The number of halogens is 2. The van der Waals surface area contributed by atoms with Gasteiger partial charge in [0.1, 0.15) is 17.2 Å². The van der Waals surface area contributed by atoms with Crippen LogP contribution >= 0.6 is 0 Å². The summed E-state index contributed by atoms with van der Waals surface area (Å²) >= 11 is 0. The van der Waals surface area contributed by atoms with Gasteiger partial charge in [0.15, 0.2) is 0 Å². The van der Waals surface area contributed by atoms with Gasteiger partial charge in [0.05, 0.1) is 11.4 Å². The van der Waals surface area contributed by atoms with Gasteiger partial charge in [-0.15, -0.1) is 0 Å². The van der Waals surface area contributed by atoms with E-state index in [1.165, 1.54) is 0 Å². The van der Waals surface area contributed by atoms with Gasteiger partial charge >= 0.3 is 6.61 Å². The van der Waals surface area contributed by atoms with Crippen molar-refractivity contribution in [1.82, 2.24) is 14.5 Å². The number of aryl methyl sites for hydroxylation is 3. The molecule has 0 saturated heterocycles. The van der Waals surface area contributed by atoms with Crippen molar-refractivity contribution in [3.63, 3.8) is 0 Å². The Labute approximate surface area is 160 Å². The van der Waals surface area contributed by atoms with Crippen molar-refractivity contribution in [1.29, 1.82) is 0 Å². The monoisotopic (exact) mass is 383 g/mol. The third kappa shape index (κ3) is 3.24. The number of hydrogen-bond acceptors (Lipinski definition) is 4. The van der Waals surface area contributed by atoms with Gasteiger partial charge in [0.2, 0.25) is 0 Å². The van der Waals surface area contributed by atoms with Crippen LogP contribution in [0.5, 0.6) is 5.75 Å². The highest BCUT2D eigenvalue weighted by Crippen LogP contribution is 2.29. The molecule has 3 aromatic heterocycles. The molecule has 144 valence electrons. The first-order valence-corrected chi connectivity index (χ1v) is 8.87. The summed E-state index contributed by atoms with van der Waals surface area (Å²) in [6.07, 6.45) is 2.40. The first-order chi connectivity index (χ1) is 13.4. The molecule has 0 amide bonds. The minimum atomic E-state index is -2.87. The lowest BCUT2D eigenvalue weighted by molar-refractivity contribution is -0.0503. The fourth-order valence-electron chi connectivity index (χ4n) is 3.51. The number of benzene rings is 1. The second-order valence-electron chi connectivity index (χ2n) is 6.65. The Morgan fingerprint density at radius 1 is 1.07 bits per heavy atom. The number of fused-ring (bicyclic) bond motifs is 1. The molecule has 1 aromatic carbocycles. The van der Waals surface area contributed by atoms with Crippen LogP contribution in [0.1, 0.15) is 28.4 Å². The molecule has 0 aliphatic carbocycles. The molecule has 5 nitrogen and oxygen atoms in total. The molecule has 3 heterocycles. The van der Waals surface area contributed by atoms with Crippen LogP contribution in [-0.2, 0) is 6.42 Å². The van der Waals surface area contributed by atoms with Crippen LogP contribution in [0.25, 0.3) is 16.8 Å². The number of imidazole rings is 1. The summed E-state index contributed by atoms with van der Waals surface area (Å²) in [4.78, 5) is 4.60. The molecule has 0 spiro atoms. The van der Waals surface area contributed by atoms with Crippen molar-refractivity contribution in [3.8, 4) is 16.9 Å². The Balaban J connectivity index is 1.80. The maximum atomic E-state index is 12.7. The second-order valence-corrected chi connectivity index (χ2v) is 6.65. The zero-order valence-corrected chi connectivity index (χ0v) is 15.7. The minimum Gasteiger partial charge on any atom is -0.435 e. The molecule has 0 bridgehead atoms. The molecule has 7 heteroatoms. The number of para-hydroxylation sites is 1. The molecule has 0 atom stereocenters. The Kier molecular flexibility index (Phi) is 4.58. The van der Waals surface area contributed by atoms with E-state index in [0.29, 0.717) is 12.0 Å². The van der Waals surface area contributed by atoms with Gasteiger partial charge in [0.25, 0.3) is 0 Å². The predicted octanol–water partition coefficient (Wildman–Crippen LogP) is 5.11. The lowest BCUT2D eigenvalue weighted by atomic mass is 10.1. The Hall–Kier alpha value is -3.22. The summed E-state index contributed by atoms with van der Waals surface area (Å²) in [5, 5.41) is 4.02. The molecule has 0 radical (unpaired) electrons. The predicted molar refractivity (Wildman–Crippen MR) is 101 cm³/mol. The zero-order valence-electron chi connectivity index (χ0n) is 15.7. The first-order valence-electron chi connectivity index (χ1n) is 8.87. The number of nitrogens with zero attached hydrogens (tertiary/aromatic N) is 3. The molecule has 0 aliphatic rings. The zero-order chi connectivity index (χ0) is 19.8. The van der Waals surface area contributed by atoms with Crippen molar-refractivity contribution < 1.29 is 18.0 Å². The average molecular weight is 383 g/mol. The Bertz CT molecular complexity index is 1130. The fraction of sp³-hybridized carbons (Fsp3) is 0.238. The summed E-state index contributed by atoms with van der Waals surface area (Å²) in [6, 6.07) is 10.7. The Morgan fingerprint density at radius 3 is 2.57 bits per heavy atom. The second kappa shape index (κ2) is 7.07. The Morgan fingerprint density at radius 2 is 1.86 bits per heavy atom. The molecule has 4 rings (SSSR count). The van der Waals surface area contributed by atoms with Crippen LogP contribution < -0.4 is 4.74 Å². The van der Waals surface area contributed by atoms with Crippen molar-refractivity contribution in [2.75, 3.05) is 0 Å². The van der Waals surface area contributed by atoms with Gasteiger partial charge in [-0.3, -0.25) is 0 Å². The standard InChI is InChI=1S/C21H19F2N3O2/c1-12-17(10-15-6-4-5-7-18(15)27-21(22)23)26-11-16(8-9-19(26)24-12)20-13(2)25-28-14(20)3/h4-9,11,21H,10H2,1-3H3. The van der Waals surface area contributed by atoms with Crippen molar-refractivity contribution in [2.24, 2.45) is 0 Å². The third-order valence-electron chi connectivity index (χ3n) is 4.79. The lowest BCUT2D eigenvalue weighted by Gasteiger charge is -2.11. The smallest absolute Gasteiger partial charge is 0.387 e. The van der Waals surface area contributed by atoms with E-state index in [1.54, 1.807) is 18.2 Å². The molecule has 0 saturated carbocycles. The quantitative estimate of drug-likeness (QED) is 0.481. The van der Waals surface area contributed by atoms with E-state index in [1.807, 2.05) is 49.6 Å². The van der Waals surface area contributed by atoms with E-state index in [2.05, 4.69) is 14.9 Å². The van der Waals surface area contributed by atoms with E-state index < -0.39 is 6.61 Å². The van der Waals surface area contributed by atoms with Gasteiger partial charge in [-0.25, -0.2) is 4.98 Å². The van der Waals surface area contributed by atoms with Crippen LogP contribution in [0.2, 0.25) is 0 Å². The van der Waals surface area contributed by atoms with Crippen molar-refractivity contribution in [2.45, 2.75) is 33.8 Å². The summed E-state index contributed by atoms with van der Waals surface area (Å²) in [7, 11) is 0. The van der Waals surface area contributed by atoms with Gasteiger partial charge in [-0.1, -0.05) is 23.4 Å². The molecular weight excluding hydrogens is 364 g/mol.